The smallest absolute Gasteiger partial charge is 0.416 e. The predicted octanol–water partition coefficient (Wildman–Crippen LogP) is 5.52. The summed E-state index contributed by atoms with van der Waals surface area (Å²) in [7, 11) is 0. The zero-order valence-electron chi connectivity index (χ0n) is 21.3. The number of alkyl halides is 3. The molecular formula is C26H28F3NO7. The van der Waals surface area contributed by atoms with E-state index in [1.807, 2.05) is 0 Å². The second kappa shape index (κ2) is 9.95. The third kappa shape index (κ3) is 7.14. The van der Waals surface area contributed by atoms with Gasteiger partial charge in [0, 0.05) is 0 Å². The quantitative estimate of drug-likeness (QED) is 0.477. The second-order valence-corrected chi connectivity index (χ2v) is 10.3. The van der Waals surface area contributed by atoms with Gasteiger partial charge in [-0.1, -0.05) is 6.07 Å². The molecule has 1 aliphatic heterocycles. The number of fused-ring (bicyclic) bond motifs is 2. The molecule has 1 heterocycles. The van der Waals surface area contributed by atoms with Gasteiger partial charge >= 0.3 is 18.1 Å². The van der Waals surface area contributed by atoms with E-state index in [0.29, 0.717) is 0 Å². The summed E-state index contributed by atoms with van der Waals surface area (Å²) >= 11 is 0. The highest BCUT2D eigenvalue weighted by Crippen LogP contribution is 2.44. The van der Waals surface area contributed by atoms with Crippen LogP contribution in [0.4, 0.5) is 18.9 Å². The minimum atomic E-state index is -4.71. The fourth-order valence-electron chi connectivity index (χ4n) is 3.45. The van der Waals surface area contributed by atoms with Crippen LogP contribution in [0, 0.1) is 0 Å². The minimum absolute atomic E-state index is 0.0283. The molecule has 37 heavy (non-hydrogen) atoms. The van der Waals surface area contributed by atoms with E-state index in [1.54, 1.807) is 41.5 Å². The van der Waals surface area contributed by atoms with Gasteiger partial charge in [-0.3, -0.25) is 14.5 Å². The highest BCUT2D eigenvalue weighted by molar-refractivity contribution is 6.13. The number of hydrogen-bond donors (Lipinski definition) is 0. The molecule has 200 valence electrons. The van der Waals surface area contributed by atoms with E-state index in [2.05, 4.69) is 0 Å². The summed E-state index contributed by atoms with van der Waals surface area (Å²) < 4.78 is 62.3. The van der Waals surface area contributed by atoms with Crippen molar-refractivity contribution in [2.45, 2.75) is 58.9 Å². The molecule has 2 aromatic carbocycles. The van der Waals surface area contributed by atoms with Crippen molar-refractivity contribution in [3.05, 3.63) is 47.5 Å². The van der Waals surface area contributed by atoms with Crippen LogP contribution < -0.4 is 14.4 Å². The first-order valence-corrected chi connectivity index (χ1v) is 11.3. The van der Waals surface area contributed by atoms with Crippen molar-refractivity contribution in [3.8, 4) is 17.2 Å². The Hall–Kier alpha value is -3.76. The number of rotatable bonds is 5. The minimum Gasteiger partial charge on any atom is -0.481 e. The molecule has 0 saturated carbocycles. The fourth-order valence-corrected chi connectivity index (χ4v) is 3.45. The topological polar surface area (TPSA) is 91.4 Å². The molecule has 1 amide bonds. The summed E-state index contributed by atoms with van der Waals surface area (Å²) in [6.07, 6.45) is -4.71. The van der Waals surface area contributed by atoms with Crippen LogP contribution in [-0.2, 0) is 25.2 Å². The van der Waals surface area contributed by atoms with Crippen LogP contribution in [0.2, 0.25) is 0 Å². The molecular weight excluding hydrogens is 495 g/mol. The van der Waals surface area contributed by atoms with Gasteiger partial charge < -0.3 is 18.9 Å². The monoisotopic (exact) mass is 523 g/mol. The van der Waals surface area contributed by atoms with Crippen molar-refractivity contribution >= 4 is 23.5 Å². The number of halogens is 3. The average Bonchev–Trinajstić information content (AvgIpc) is 2.83. The van der Waals surface area contributed by atoms with Crippen LogP contribution in [0.25, 0.3) is 0 Å². The Morgan fingerprint density at radius 3 is 2.11 bits per heavy atom. The number of amides is 1. The Morgan fingerprint density at radius 2 is 1.51 bits per heavy atom. The van der Waals surface area contributed by atoms with E-state index in [0.717, 1.165) is 23.1 Å². The molecule has 0 N–H and O–H groups in total. The summed E-state index contributed by atoms with van der Waals surface area (Å²) in [5, 5.41) is 0. The lowest BCUT2D eigenvalue weighted by atomic mass is 10.1. The van der Waals surface area contributed by atoms with E-state index >= 15 is 0 Å². The average molecular weight is 524 g/mol. The number of ether oxygens (including phenoxy) is 4. The van der Waals surface area contributed by atoms with Gasteiger partial charge in [0.05, 0.1) is 11.3 Å². The number of carbonyl (C=O) groups is 3. The normalized spacial score (nSPS) is 13.6. The van der Waals surface area contributed by atoms with Crippen LogP contribution in [0.3, 0.4) is 0 Å². The summed E-state index contributed by atoms with van der Waals surface area (Å²) in [6.45, 7) is 8.64. The van der Waals surface area contributed by atoms with Crippen molar-refractivity contribution in [1.82, 2.24) is 0 Å². The summed E-state index contributed by atoms with van der Waals surface area (Å²) in [5.41, 5.74) is -3.17. The van der Waals surface area contributed by atoms with E-state index < -0.39 is 53.9 Å². The molecule has 0 unspecified atom stereocenters. The SMILES string of the molecule is CC(C)(C)OC(=O)COc1cccc2c1C(=O)N(CC(=O)OC(C)(C)C)c1cc(C(F)(F)F)ccc1O2. The first kappa shape index (κ1) is 27.8. The van der Waals surface area contributed by atoms with Crippen molar-refractivity contribution in [2.24, 2.45) is 0 Å². The zero-order valence-corrected chi connectivity index (χ0v) is 21.3. The van der Waals surface area contributed by atoms with Crippen molar-refractivity contribution in [2.75, 3.05) is 18.1 Å². The van der Waals surface area contributed by atoms with Crippen molar-refractivity contribution in [1.29, 1.82) is 0 Å². The summed E-state index contributed by atoms with van der Waals surface area (Å²) in [6, 6.07) is 6.91. The molecule has 0 aliphatic carbocycles. The zero-order chi connectivity index (χ0) is 27.8. The van der Waals surface area contributed by atoms with E-state index in [9.17, 15) is 27.6 Å². The van der Waals surface area contributed by atoms with Gasteiger partial charge in [0.2, 0.25) is 0 Å². The van der Waals surface area contributed by atoms with E-state index in [1.165, 1.54) is 18.2 Å². The van der Waals surface area contributed by atoms with E-state index in [-0.39, 0.29) is 28.5 Å². The lowest BCUT2D eigenvalue weighted by molar-refractivity contribution is -0.157. The van der Waals surface area contributed by atoms with E-state index in [4.69, 9.17) is 18.9 Å². The van der Waals surface area contributed by atoms with Gasteiger partial charge in [-0.25, -0.2) is 4.79 Å². The van der Waals surface area contributed by atoms with Gasteiger partial charge in [0.25, 0.3) is 5.91 Å². The lowest BCUT2D eigenvalue weighted by Crippen LogP contribution is -2.39. The summed E-state index contributed by atoms with van der Waals surface area (Å²) in [4.78, 5) is 39.4. The number of esters is 2. The van der Waals surface area contributed by atoms with Gasteiger partial charge in [0.1, 0.15) is 34.8 Å². The molecule has 2 aromatic rings. The first-order valence-electron chi connectivity index (χ1n) is 11.3. The summed E-state index contributed by atoms with van der Waals surface area (Å²) in [5.74, 6) is -2.62. The Morgan fingerprint density at radius 1 is 0.892 bits per heavy atom. The maximum atomic E-state index is 13.7. The molecule has 0 atom stereocenters. The van der Waals surface area contributed by atoms with Crippen molar-refractivity contribution < 1.29 is 46.5 Å². The maximum Gasteiger partial charge on any atom is 0.416 e. The number of carbonyl (C=O) groups excluding carboxylic acids is 3. The third-order valence-electron chi connectivity index (χ3n) is 4.72. The number of benzene rings is 2. The molecule has 8 nitrogen and oxygen atoms in total. The Kier molecular flexibility index (Phi) is 7.48. The second-order valence-electron chi connectivity index (χ2n) is 10.3. The van der Waals surface area contributed by atoms with Crippen LogP contribution in [0.5, 0.6) is 17.2 Å². The number of nitrogens with zero attached hydrogens (tertiary/aromatic N) is 1. The lowest BCUT2D eigenvalue weighted by Gasteiger charge is -2.25. The molecule has 3 rings (SSSR count). The molecule has 0 saturated heterocycles. The highest BCUT2D eigenvalue weighted by atomic mass is 19.4. The predicted molar refractivity (Wildman–Crippen MR) is 127 cm³/mol. The third-order valence-corrected chi connectivity index (χ3v) is 4.72. The Balaban J connectivity index is 2.05. The van der Waals surface area contributed by atoms with Gasteiger partial charge in [-0.05, 0) is 71.9 Å². The standard InChI is InChI=1S/C26H28F3NO7/c1-24(2,3)36-20(31)13-30-16-12-15(26(27,28)29)10-11-17(16)35-19-9-7-8-18(22(19)23(30)33)34-14-21(32)37-25(4,5)6/h7-12H,13-14H2,1-6H3. The fraction of sp³-hybridized carbons (Fsp3) is 0.423. The van der Waals surface area contributed by atoms with Gasteiger partial charge in [-0.2, -0.15) is 13.2 Å². The molecule has 11 heteroatoms. The van der Waals surface area contributed by atoms with Crippen molar-refractivity contribution in [3.63, 3.8) is 0 Å². The number of anilines is 1. The molecule has 0 bridgehead atoms. The number of hydrogen-bond acceptors (Lipinski definition) is 7. The van der Waals surface area contributed by atoms with Crippen LogP contribution >= 0.6 is 0 Å². The van der Waals surface area contributed by atoms with Crippen LogP contribution in [0.15, 0.2) is 36.4 Å². The molecule has 1 aliphatic rings. The van der Waals surface area contributed by atoms with Crippen LogP contribution in [-0.4, -0.2) is 42.2 Å². The van der Waals surface area contributed by atoms with Gasteiger partial charge in [0.15, 0.2) is 12.4 Å². The molecule has 0 aromatic heterocycles. The highest BCUT2D eigenvalue weighted by Gasteiger charge is 2.37. The van der Waals surface area contributed by atoms with Gasteiger partial charge in [-0.15, -0.1) is 0 Å². The molecule has 0 radical (unpaired) electrons. The molecule has 0 spiro atoms. The Labute approximate surface area is 212 Å². The maximum absolute atomic E-state index is 13.7. The molecule has 0 fully saturated rings. The first-order chi connectivity index (χ1) is 16.9. The van der Waals surface area contributed by atoms with Crippen LogP contribution in [0.1, 0.15) is 57.5 Å². The Bertz CT molecular complexity index is 1210. The largest absolute Gasteiger partial charge is 0.481 e.